The number of hydrogen-bond acceptors (Lipinski definition) is 9. The summed E-state index contributed by atoms with van der Waals surface area (Å²) in [4.78, 5) is 27.9. The Bertz CT molecular complexity index is 1470. The first-order valence-corrected chi connectivity index (χ1v) is 13.2. The quantitative estimate of drug-likeness (QED) is 0.479. The molecule has 3 saturated heterocycles. The molecule has 0 bridgehead atoms. The van der Waals surface area contributed by atoms with Crippen LogP contribution in [0.1, 0.15) is 17.5 Å². The van der Waals surface area contributed by atoms with Crippen LogP contribution >= 0.6 is 0 Å². The topological polar surface area (TPSA) is 124 Å². The standard InChI is InChI=1S/C28H32N8O3/c1-4-23(37)36-16-28(17-36)7-8-35(15-28)26-20(11-29)25(24-18(2)5-6-22-21(24)12-30-33-22)31-27(32-26)39-14-19-13-38-10-9-34(19)3/h4-6,12,19H,1,7-10,13-17H2,2-3H3,(H,30,33). The van der Waals surface area contributed by atoms with Crippen molar-refractivity contribution in [3.63, 3.8) is 0 Å². The molecule has 1 spiro atoms. The third-order valence-electron chi connectivity index (χ3n) is 8.25. The lowest BCUT2D eigenvalue weighted by atomic mass is 9.79. The second kappa shape index (κ2) is 9.94. The molecule has 11 nitrogen and oxygen atoms in total. The number of fused-ring (bicyclic) bond motifs is 1. The van der Waals surface area contributed by atoms with Gasteiger partial charge in [0.15, 0.2) is 5.82 Å². The van der Waals surface area contributed by atoms with Crippen LogP contribution < -0.4 is 9.64 Å². The summed E-state index contributed by atoms with van der Waals surface area (Å²) >= 11 is 0. The molecule has 1 unspecified atom stereocenters. The van der Waals surface area contributed by atoms with Gasteiger partial charge in [-0.05, 0) is 38.1 Å². The third kappa shape index (κ3) is 4.49. The second-order valence-corrected chi connectivity index (χ2v) is 10.8. The van der Waals surface area contributed by atoms with Crippen molar-refractivity contribution in [3.8, 4) is 23.3 Å². The van der Waals surface area contributed by atoms with Gasteiger partial charge in [-0.2, -0.15) is 20.3 Å². The molecule has 11 heteroatoms. The molecule has 3 aliphatic heterocycles. The van der Waals surface area contributed by atoms with Crippen LogP contribution in [0.3, 0.4) is 0 Å². The second-order valence-electron chi connectivity index (χ2n) is 10.8. The summed E-state index contributed by atoms with van der Waals surface area (Å²) in [6, 6.07) is 6.69. The monoisotopic (exact) mass is 528 g/mol. The van der Waals surface area contributed by atoms with Crippen molar-refractivity contribution in [1.82, 2.24) is 30.0 Å². The Morgan fingerprint density at radius 1 is 1.33 bits per heavy atom. The summed E-state index contributed by atoms with van der Waals surface area (Å²) < 4.78 is 11.8. The Kier molecular flexibility index (Phi) is 6.45. The van der Waals surface area contributed by atoms with E-state index in [1.165, 1.54) is 6.08 Å². The average molecular weight is 529 g/mol. The molecule has 2 aromatic heterocycles. The number of H-pyrrole nitrogens is 1. The molecule has 202 valence electrons. The number of benzene rings is 1. The summed E-state index contributed by atoms with van der Waals surface area (Å²) in [5.74, 6) is 0.521. The van der Waals surface area contributed by atoms with Crippen molar-refractivity contribution >= 4 is 22.6 Å². The lowest BCUT2D eigenvalue weighted by Crippen LogP contribution is -2.59. The zero-order valence-electron chi connectivity index (χ0n) is 22.3. The summed E-state index contributed by atoms with van der Waals surface area (Å²) in [6.07, 6.45) is 4.04. The van der Waals surface area contributed by atoms with E-state index >= 15 is 0 Å². The predicted octanol–water partition coefficient (Wildman–Crippen LogP) is 2.13. The maximum absolute atomic E-state index is 12.1. The van der Waals surface area contributed by atoms with E-state index in [-0.39, 0.29) is 23.4 Å². The van der Waals surface area contributed by atoms with E-state index in [9.17, 15) is 10.1 Å². The first kappa shape index (κ1) is 25.3. The van der Waals surface area contributed by atoms with Crippen LogP contribution in [0.25, 0.3) is 22.2 Å². The number of aromatic nitrogens is 4. The highest BCUT2D eigenvalue weighted by atomic mass is 16.5. The number of ether oxygens (including phenoxy) is 2. The third-order valence-corrected chi connectivity index (χ3v) is 8.25. The number of hydrogen-bond donors (Lipinski definition) is 1. The summed E-state index contributed by atoms with van der Waals surface area (Å²) in [6.45, 7) is 10.9. The molecule has 6 rings (SSSR count). The molecule has 39 heavy (non-hydrogen) atoms. The number of nitrogens with one attached hydrogen (secondary N) is 1. The van der Waals surface area contributed by atoms with Crippen LogP contribution in [0.15, 0.2) is 31.0 Å². The molecule has 0 aliphatic carbocycles. The van der Waals surface area contributed by atoms with Gasteiger partial charge in [0.25, 0.3) is 0 Å². The van der Waals surface area contributed by atoms with Gasteiger partial charge in [0.2, 0.25) is 5.91 Å². The molecule has 1 N–H and O–H groups in total. The van der Waals surface area contributed by atoms with E-state index in [2.05, 4.69) is 39.7 Å². The molecule has 1 aromatic carbocycles. The molecule has 0 saturated carbocycles. The van der Waals surface area contributed by atoms with Crippen LogP contribution in [0.5, 0.6) is 6.01 Å². The van der Waals surface area contributed by atoms with Crippen molar-refractivity contribution in [2.24, 2.45) is 5.41 Å². The smallest absolute Gasteiger partial charge is 0.319 e. The SMILES string of the molecule is C=CC(=O)N1CC2(CCN(c3nc(OCC4COCCN4C)nc(-c4c(C)ccc5[nH]ncc45)c3C#N)C2)C1. The number of likely N-dealkylation sites (tertiary alicyclic amines) is 1. The fraction of sp³-hybridized carbons (Fsp3) is 0.464. The fourth-order valence-corrected chi connectivity index (χ4v) is 5.95. The van der Waals surface area contributed by atoms with Crippen molar-refractivity contribution in [2.45, 2.75) is 19.4 Å². The molecular weight excluding hydrogens is 496 g/mol. The Balaban J connectivity index is 1.38. The lowest BCUT2D eigenvalue weighted by molar-refractivity contribution is -0.136. The first-order chi connectivity index (χ1) is 18.9. The molecule has 0 radical (unpaired) electrons. The Labute approximate surface area is 227 Å². The fourth-order valence-electron chi connectivity index (χ4n) is 5.95. The zero-order valence-corrected chi connectivity index (χ0v) is 22.3. The predicted molar refractivity (Wildman–Crippen MR) is 145 cm³/mol. The van der Waals surface area contributed by atoms with Crippen LogP contribution in [-0.2, 0) is 9.53 Å². The van der Waals surface area contributed by atoms with Gasteiger partial charge < -0.3 is 19.3 Å². The number of rotatable bonds is 6. The van der Waals surface area contributed by atoms with E-state index in [0.29, 0.717) is 56.5 Å². The number of carbonyl (C=O) groups excluding carboxylic acids is 1. The van der Waals surface area contributed by atoms with Crippen LogP contribution in [0, 0.1) is 23.7 Å². The van der Waals surface area contributed by atoms with Gasteiger partial charge in [-0.3, -0.25) is 14.8 Å². The van der Waals surface area contributed by atoms with E-state index < -0.39 is 0 Å². The highest BCUT2D eigenvalue weighted by Gasteiger charge is 2.49. The Hall–Kier alpha value is -4.01. The number of amides is 1. The minimum Gasteiger partial charge on any atom is -0.462 e. The molecular formula is C28H32N8O3. The van der Waals surface area contributed by atoms with Crippen molar-refractivity contribution in [3.05, 3.63) is 42.1 Å². The Morgan fingerprint density at radius 3 is 2.95 bits per heavy atom. The van der Waals surface area contributed by atoms with E-state index in [1.54, 1.807) is 6.20 Å². The van der Waals surface area contributed by atoms with Crippen molar-refractivity contribution in [1.29, 1.82) is 5.26 Å². The normalized spacial score (nSPS) is 20.7. The van der Waals surface area contributed by atoms with E-state index in [1.807, 2.05) is 24.0 Å². The number of nitrogens with zero attached hydrogens (tertiary/aromatic N) is 7. The van der Waals surface area contributed by atoms with Crippen molar-refractivity contribution < 1.29 is 14.3 Å². The number of morpholine rings is 1. The van der Waals surface area contributed by atoms with Gasteiger partial charge in [0.05, 0.1) is 36.7 Å². The van der Waals surface area contributed by atoms with Crippen molar-refractivity contribution in [2.75, 3.05) is 64.5 Å². The molecule has 3 aromatic rings. The molecule has 3 aliphatic rings. The summed E-state index contributed by atoms with van der Waals surface area (Å²) in [5, 5.41) is 18.6. The molecule has 3 fully saturated rings. The number of anilines is 1. The highest BCUT2D eigenvalue weighted by Crippen LogP contribution is 2.43. The van der Waals surface area contributed by atoms with Crippen LogP contribution in [0.2, 0.25) is 0 Å². The van der Waals surface area contributed by atoms with Gasteiger partial charge in [0, 0.05) is 49.1 Å². The maximum Gasteiger partial charge on any atom is 0.319 e. The summed E-state index contributed by atoms with van der Waals surface area (Å²) in [7, 11) is 2.05. The van der Waals surface area contributed by atoms with Crippen LogP contribution in [-0.4, -0.2) is 102 Å². The van der Waals surface area contributed by atoms with Gasteiger partial charge in [-0.25, -0.2) is 0 Å². The maximum atomic E-state index is 12.1. The largest absolute Gasteiger partial charge is 0.462 e. The highest BCUT2D eigenvalue weighted by molar-refractivity contribution is 5.97. The number of aromatic amines is 1. The molecule has 1 atom stereocenters. The number of nitriles is 1. The number of aryl methyl sites for hydroxylation is 1. The average Bonchev–Trinajstić information content (AvgIpc) is 3.59. The minimum atomic E-state index is -0.0443. The molecule has 5 heterocycles. The number of likely N-dealkylation sites (N-methyl/N-ethyl adjacent to an activating group) is 1. The summed E-state index contributed by atoms with van der Waals surface area (Å²) in [5.41, 5.74) is 3.61. The lowest BCUT2D eigenvalue weighted by Gasteiger charge is -2.47. The molecule has 1 amide bonds. The van der Waals surface area contributed by atoms with Gasteiger partial charge in [0.1, 0.15) is 18.2 Å². The first-order valence-electron chi connectivity index (χ1n) is 13.2. The Morgan fingerprint density at radius 2 is 2.18 bits per heavy atom. The van der Waals surface area contributed by atoms with Gasteiger partial charge in [-0.15, -0.1) is 0 Å². The van der Waals surface area contributed by atoms with Gasteiger partial charge >= 0.3 is 6.01 Å². The van der Waals surface area contributed by atoms with Crippen LogP contribution in [0.4, 0.5) is 5.82 Å². The minimum absolute atomic E-state index is 0.0137. The number of carbonyl (C=O) groups is 1. The van der Waals surface area contributed by atoms with Gasteiger partial charge in [-0.1, -0.05) is 12.6 Å². The van der Waals surface area contributed by atoms with E-state index in [0.717, 1.165) is 41.5 Å². The van der Waals surface area contributed by atoms with E-state index in [4.69, 9.17) is 19.4 Å². The zero-order chi connectivity index (χ0) is 27.1.